The standard InChI is InChI=1S/C36H26O/c1-5-23-14-13-18-30(25(23)6-2)36-27(8-4)26(7-3)35(31-16-9-10-17-32(31)36)24-20-21-29-28-15-11-12-19-33(28)37-34(29)22-24/h5-22H,1-4H2. The highest BCUT2D eigenvalue weighted by Crippen LogP contribution is 2.45. The zero-order valence-electron chi connectivity index (χ0n) is 20.6. The lowest BCUT2D eigenvalue weighted by Gasteiger charge is -2.21. The van der Waals surface area contributed by atoms with E-state index in [9.17, 15) is 0 Å². The lowest BCUT2D eigenvalue weighted by Crippen LogP contribution is -1.98. The fourth-order valence-electron chi connectivity index (χ4n) is 5.59. The van der Waals surface area contributed by atoms with Crippen LogP contribution < -0.4 is 0 Å². The molecule has 0 atom stereocenters. The van der Waals surface area contributed by atoms with Gasteiger partial charge in [0.25, 0.3) is 0 Å². The highest BCUT2D eigenvalue weighted by Gasteiger charge is 2.21. The normalized spacial score (nSPS) is 11.1. The second-order valence-corrected chi connectivity index (χ2v) is 9.06. The van der Waals surface area contributed by atoms with Gasteiger partial charge >= 0.3 is 0 Å². The highest BCUT2D eigenvalue weighted by atomic mass is 16.3. The Hall–Kier alpha value is -4.88. The first kappa shape index (κ1) is 22.6. The molecule has 0 aliphatic carbocycles. The van der Waals surface area contributed by atoms with Crippen molar-refractivity contribution < 1.29 is 4.42 Å². The Bertz CT molecular complexity index is 1890. The van der Waals surface area contributed by atoms with Crippen LogP contribution in [0.2, 0.25) is 0 Å². The van der Waals surface area contributed by atoms with Gasteiger partial charge in [0.05, 0.1) is 0 Å². The summed E-state index contributed by atoms with van der Waals surface area (Å²) in [6.07, 6.45) is 7.66. The topological polar surface area (TPSA) is 13.1 Å². The first-order chi connectivity index (χ1) is 18.2. The molecule has 1 nitrogen and oxygen atoms in total. The summed E-state index contributed by atoms with van der Waals surface area (Å²) in [6, 6.07) is 29.5. The summed E-state index contributed by atoms with van der Waals surface area (Å²) in [6.45, 7) is 16.6. The van der Waals surface area contributed by atoms with Crippen LogP contribution >= 0.6 is 0 Å². The van der Waals surface area contributed by atoms with Crippen molar-refractivity contribution in [1.29, 1.82) is 0 Å². The monoisotopic (exact) mass is 474 g/mol. The molecule has 0 aliphatic rings. The molecule has 0 spiro atoms. The average molecular weight is 475 g/mol. The molecule has 5 aromatic carbocycles. The van der Waals surface area contributed by atoms with Crippen LogP contribution in [0.25, 0.3) is 79.3 Å². The molecule has 0 saturated heterocycles. The van der Waals surface area contributed by atoms with Gasteiger partial charge in [0, 0.05) is 10.8 Å². The predicted octanol–water partition coefficient (Wildman–Crippen LogP) is 10.6. The summed E-state index contributed by atoms with van der Waals surface area (Å²) in [5, 5.41) is 4.53. The van der Waals surface area contributed by atoms with Crippen molar-refractivity contribution in [2.45, 2.75) is 0 Å². The minimum absolute atomic E-state index is 0.870. The number of hydrogen-bond donors (Lipinski definition) is 0. The minimum Gasteiger partial charge on any atom is -0.456 e. The highest BCUT2D eigenvalue weighted by molar-refractivity contribution is 6.14. The molecule has 0 saturated carbocycles. The Morgan fingerprint density at radius 2 is 1.11 bits per heavy atom. The van der Waals surface area contributed by atoms with E-state index < -0.39 is 0 Å². The smallest absolute Gasteiger partial charge is 0.136 e. The van der Waals surface area contributed by atoms with Crippen LogP contribution in [0.3, 0.4) is 0 Å². The lowest BCUT2D eigenvalue weighted by atomic mass is 9.81. The molecule has 1 aromatic heterocycles. The Labute approximate surface area is 217 Å². The summed E-state index contributed by atoms with van der Waals surface area (Å²) >= 11 is 0. The molecule has 6 rings (SSSR count). The van der Waals surface area contributed by atoms with Gasteiger partial charge in [-0.1, -0.05) is 117 Å². The van der Waals surface area contributed by atoms with Crippen molar-refractivity contribution in [3.8, 4) is 22.3 Å². The number of rotatable bonds is 6. The summed E-state index contributed by atoms with van der Waals surface area (Å²) in [4.78, 5) is 0. The zero-order valence-corrected chi connectivity index (χ0v) is 20.6. The second kappa shape index (κ2) is 8.96. The maximum absolute atomic E-state index is 6.24. The van der Waals surface area contributed by atoms with Gasteiger partial charge in [-0.3, -0.25) is 0 Å². The zero-order chi connectivity index (χ0) is 25.5. The van der Waals surface area contributed by atoms with Gasteiger partial charge in [-0.15, -0.1) is 0 Å². The van der Waals surface area contributed by atoms with Crippen LogP contribution in [0.5, 0.6) is 0 Å². The van der Waals surface area contributed by atoms with Crippen molar-refractivity contribution in [1.82, 2.24) is 0 Å². The molecule has 37 heavy (non-hydrogen) atoms. The van der Waals surface area contributed by atoms with Gasteiger partial charge in [0.2, 0.25) is 0 Å². The summed E-state index contributed by atoms with van der Waals surface area (Å²) in [7, 11) is 0. The Kier molecular flexibility index (Phi) is 5.47. The van der Waals surface area contributed by atoms with Crippen molar-refractivity contribution >= 4 is 57.0 Å². The van der Waals surface area contributed by atoms with Gasteiger partial charge in [-0.25, -0.2) is 0 Å². The molecular formula is C36H26O. The number of furan rings is 1. The molecule has 0 unspecified atom stereocenters. The third-order valence-corrected chi connectivity index (χ3v) is 7.20. The third kappa shape index (κ3) is 3.40. The maximum Gasteiger partial charge on any atom is 0.136 e. The molecule has 0 amide bonds. The number of benzene rings is 5. The van der Waals surface area contributed by atoms with Crippen LogP contribution in [-0.4, -0.2) is 0 Å². The molecule has 1 heteroatoms. The van der Waals surface area contributed by atoms with Crippen molar-refractivity contribution in [3.63, 3.8) is 0 Å². The van der Waals surface area contributed by atoms with E-state index in [0.29, 0.717) is 0 Å². The van der Waals surface area contributed by atoms with E-state index >= 15 is 0 Å². The largest absolute Gasteiger partial charge is 0.456 e. The van der Waals surface area contributed by atoms with E-state index in [1.54, 1.807) is 0 Å². The maximum atomic E-state index is 6.24. The summed E-state index contributed by atoms with van der Waals surface area (Å²) in [5.74, 6) is 0. The molecule has 0 bridgehead atoms. The summed E-state index contributed by atoms with van der Waals surface area (Å²) in [5.41, 5.74) is 10.4. The van der Waals surface area contributed by atoms with Crippen LogP contribution in [0.4, 0.5) is 0 Å². The van der Waals surface area contributed by atoms with Gasteiger partial charge < -0.3 is 4.42 Å². The molecule has 0 aliphatic heterocycles. The van der Waals surface area contributed by atoms with Crippen LogP contribution in [0, 0.1) is 0 Å². The molecular weight excluding hydrogens is 448 g/mol. The average Bonchev–Trinajstić information content (AvgIpc) is 3.33. The van der Waals surface area contributed by atoms with Crippen molar-refractivity contribution in [2.24, 2.45) is 0 Å². The molecule has 6 aromatic rings. The molecule has 0 fully saturated rings. The van der Waals surface area contributed by atoms with Crippen LogP contribution in [0.1, 0.15) is 22.3 Å². The van der Waals surface area contributed by atoms with E-state index in [1.165, 1.54) is 0 Å². The first-order valence-electron chi connectivity index (χ1n) is 12.3. The first-order valence-corrected chi connectivity index (χ1v) is 12.3. The quantitative estimate of drug-likeness (QED) is 0.234. The predicted molar refractivity (Wildman–Crippen MR) is 162 cm³/mol. The Morgan fingerprint density at radius 3 is 1.81 bits per heavy atom. The molecule has 176 valence electrons. The van der Waals surface area contributed by atoms with Crippen molar-refractivity contribution in [2.75, 3.05) is 0 Å². The molecule has 1 heterocycles. The minimum atomic E-state index is 0.870. The number of hydrogen-bond acceptors (Lipinski definition) is 1. The number of fused-ring (bicyclic) bond motifs is 4. The Morgan fingerprint density at radius 1 is 0.486 bits per heavy atom. The molecule has 0 N–H and O–H groups in total. The third-order valence-electron chi connectivity index (χ3n) is 7.20. The van der Waals surface area contributed by atoms with Crippen LogP contribution in [0.15, 0.2) is 116 Å². The number of para-hydroxylation sites is 1. The van der Waals surface area contributed by atoms with Gasteiger partial charge in [-0.05, 0) is 73.5 Å². The summed E-state index contributed by atoms with van der Waals surface area (Å²) < 4.78 is 6.24. The fourth-order valence-corrected chi connectivity index (χ4v) is 5.59. The van der Waals surface area contributed by atoms with Gasteiger partial charge in [0.1, 0.15) is 11.2 Å². The van der Waals surface area contributed by atoms with E-state index in [-0.39, 0.29) is 0 Å². The molecule has 0 radical (unpaired) electrons. The van der Waals surface area contributed by atoms with E-state index in [2.05, 4.69) is 93.0 Å². The van der Waals surface area contributed by atoms with Gasteiger partial charge in [0.15, 0.2) is 0 Å². The van der Waals surface area contributed by atoms with Crippen molar-refractivity contribution in [3.05, 3.63) is 133 Å². The Balaban J connectivity index is 1.74. The van der Waals surface area contributed by atoms with E-state index in [1.807, 2.05) is 42.5 Å². The van der Waals surface area contributed by atoms with Gasteiger partial charge in [-0.2, -0.15) is 0 Å². The fraction of sp³-hybridized carbons (Fsp3) is 0. The van der Waals surface area contributed by atoms with E-state index in [0.717, 1.165) is 77.2 Å². The SMILES string of the molecule is C=Cc1cccc(-c2c(C=C)c(C=C)c(-c3ccc4c(c3)oc3ccccc34)c3ccccc23)c1C=C. The van der Waals surface area contributed by atoms with Crippen LogP contribution in [-0.2, 0) is 0 Å². The van der Waals surface area contributed by atoms with E-state index in [4.69, 9.17) is 4.42 Å². The lowest BCUT2D eigenvalue weighted by molar-refractivity contribution is 0.669. The second-order valence-electron chi connectivity index (χ2n) is 9.06.